The third kappa shape index (κ3) is 3.60. The highest BCUT2D eigenvalue weighted by Crippen LogP contribution is 2.47. The molecule has 0 bridgehead atoms. The van der Waals surface area contributed by atoms with Gasteiger partial charge in [-0.05, 0) is 38.8 Å². The lowest BCUT2D eigenvalue weighted by molar-refractivity contribution is -0.290. The van der Waals surface area contributed by atoms with Crippen LogP contribution in [0.25, 0.3) is 0 Å². The van der Waals surface area contributed by atoms with E-state index >= 15 is 0 Å². The zero-order valence-corrected chi connectivity index (χ0v) is 14.2. The Bertz CT molecular complexity index is 675. The van der Waals surface area contributed by atoms with Crippen LogP contribution in [0.4, 0.5) is 22.0 Å². The maximum absolute atomic E-state index is 13.9. The average Bonchev–Trinajstić information content (AvgIpc) is 2.42. The lowest BCUT2D eigenvalue weighted by atomic mass is 9.98. The zero-order chi connectivity index (χ0) is 19.1. The summed E-state index contributed by atoms with van der Waals surface area (Å²) in [5.74, 6) is -6.73. The van der Waals surface area contributed by atoms with Crippen LogP contribution in [0, 0.1) is 0 Å². The summed E-state index contributed by atoms with van der Waals surface area (Å²) in [7, 11) is -2.28. The molecule has 136 valence electrons. The standard InChI is InChI=1S/C15H17F5O3S/c1-5-8-9(12(21)22)6-7-10(14(16,17)15(18,19)20)11(8)24(23)13(2,3)4/h6-7H,5H2,1-4H3,(H,21,22)/t24-/m0/s1. The van der Waals surface area contributed by atoms with Gasteiger partial charge in [0, 0.05) is 10.3 Å². The Labute approximate surface area is 138 Å². The molecule has 0 radical (unpaired) electrons. The van der Waals surface area contributed by atoms with E-state index in [1.807, 2.05) is 0 Å². The summed E-state index contributed by atoms with van der Waals surface area (Å²) in [6.07, 6.45) is -6.04. The van der Waals surface area contributed by atoms with Gasteiger partial charge in [-0.1, -0.05) is 13.0 Å². The monoisotopic (exact) mass is 372 g/mol. The molecule has 0 unspecified atom stereocenters. The average molecular weight is 372 g/mol. The molecule has 1 aromatic rings. The van der Waals surface area contributed by atoms with Gasteiger partial charge in [-0.3, -0.25) is 4.21 Å². The Kier molecular flexibility index (Phi) is 5.49. The number of halogens is 5. The van der Waals surface area contributed by atoms with Crippen LogP contribution in [0.2, 0.25) is 0 Å². The van der Waals surface area contributed by atoms with E-state index in [-0.39, 0.29) is 12.0 Å². The molecule has 1 N–H and O–H groups in total. The van der Waals surface area contributed by atoms with Crippen molar-refractivity contribution in [3.63, 3.8) is 0 Å². The van der Waals surface area contributed by atoms with Gasteiger partial charge in [0.25, 0.3) is 0 Å². The van der Waals surface area contributed by atoms with Gasteiger partial charge < -0.3 is 5.11 Å². The van der Waals surface area contributed by atoms with E-state index in [0.717, 1.165) is 0 Å². The first-order valence-corrected chi connectivity index (χ1v) is 8.07. The van der Waals surface area contributed by atoms with E-state index in [1.54, 1.807) is 0 Å². The summed E-state index contributed by atoms with van der Waals surface area (Å²) >= 11 is 0. The van der Waals surface area contributed by atoms with Crippen molar-refractivity contribution in [3.05, 3.63) is 28.8 Å². The van der Waals surface area contributed by atoms with Crippen molar-refractivity contribution in [2.45, 2.75) is 55.9 Å². The van der Waals surface area contributed by atoms with Crippen molar-refractivity contribution in [2.75, 3.05) is 0 Å². The molecule has 1 rings (SSSR count). The molecule has 0 aliphatic carbocycles. The van der Waals surface area contributed by atoms with Gasteiger partial charge in [0.15, 0.2) is 0 Å². The highest BCUT2D eigenvalue weighted by atomic mass is 32.2. The number of rotatable bonds is 4. The molecule has 0 spiro atoms. The van der Waals surface area contributed by atoms with E-state index in [0.29, 0.717) is 12.1 Å². The Balaban J connectivity index is 3.93. The molecule has 0 saturated heterocycles. The maximum atomic E-state index is 13.9. The van der Waals surface area contributed by atoms with Crippen molar-refractivity contribution in [1.29, 1.82) is 0 Å². The van der Waals surface area contributed by atoms with E-state index in [2.05, 4.69) is 0 Å². The first-order chi connectivity index (χ1) is 10.7. The topological polar surface area (TPSA) is 54.4 Å². The minimum Gasteiger partial charge on any atom is -0.478 e. The Morgan fingerprint density at radius 1 is 1.12 bits per heavy atom. The number of hydrogen-bond acceptors (Lipinski definition) is 2. The van der Waals surface area contributed by atoms with Crippen LogP contribution in [0.3, 0.4) is 0 Å². The third-order valence-corrected chi connectivity index (χ3v) is 5.23. The number of carboxylic acid groups (broad SMARTS) is 1. The van der Waals surface area contributed by atoms with Crippen LogP contribution in [0.1, 0.15) is 49.2 Å². The van der Waals surface area contributed by atoms with Crippen molar-refractivity contribution in [3.8, 4) is 0 Å². The molecule has 0 amide bonds. The fourth-order valence-corrected chi connectivity index (χ4v) is 3.58. The number of aromatic carboxylic acids is 1. The van der Waals surface area contributed by atoms with Crippen LogP contribution >= 0.6 is 0 Å². The van der Waals surface area contributed by atoms with E-state index in [9.17, 15) is 31.0 Å². The van der Waals surface area contributed by atoms with E-state index in [4.69, 9.17) is 5.11 Å². The van der Waals surface area contributed by atoms with Gasteiger partial charge in [-0.2, -0.15) is 22.0 Å². The molecule has 24 heavy (non-hydrogen) atoms. The number of carboxylic acids is 1. The van der Waals surface area contributed by atoms with Crippen LogP contribution in [0.15, 0.2) is 17.0 Å². The molecular formula is C15H17F5O3S. The van der Waals surface area contributed by atoms with Gasteiger partial charge in [0.2, 0.25) is 0 Å². The van der Waals surface area contributed by atoms with Crippen LogP contribution in [0.5, 0.6) is 0 Å². The first-order valence-electron chi connectivity index (χ1n) is 6.92. The van der Waals surface area contributed by atoms with Crippen LogP contribution in [-0.4, -0.2) is 26.2 Å². The molecular weight excluding hydrogens is 355 g/mol. The Morgan fingerprint density at radius 2 is 1.62 bits per heavy atom. The molecule has 1 atom stereocenters. The minimum atomic E-state index is -5.89. The second-order valence-corrected chi connectivity index (χ2v) is 8.25. The van der Waals surface area contributed by atoms with Crippen molar-refractivity contribution < 1.29 is 36.1 Å². The highest BCUT2D eigenvalue weighted by molar-refractivity contribution is 7.86. The van der Waals surface area contributed by atoms with Crippen LogP contribution < -0.4 is 0 Å². The number of alkyl halides is 5. The summed E-state index contributed by atoms with van der Waals surface area (Å²) in [4.78, 5) is 10.5. The van der Waals surface area contributed by atoms with Gasteiger partial charge in [-0.15, -0.1) is 0 Å². The lowest BCUT2D eigenvalue weighted by Crippen LogP contribution is -2.36. The van der Waals surface area contributed by atoms with E-state index in [1.165, 1.54) is 27.7 Å². The molecule has 0 fully saturated rings. The quantitative estimate of drug-likeness (QED) is 0.792. The maximum Gasteiger partial charge on any atom is 0.458 e. The predicted molar refractivity (Wildman–Crippen MR) is 78.9 cm³/mol. The predicted octanol–water partition coefficient (Wildman–Crippen LogP) is 4.51. The smallest absolute Gasteiger partial charge is 0.458 e. The normalized spacial score (nSPS) is 14.5. The second kappa shape index (κ2) is 6.42. The fraction of sp³-hybridized carbons (Fsp3) is 0.533. The molecule has 0 aliphatic rings. The molecule has 0 heterocycles. The Morgan fingerprint density at radius 3 is 1.96 bits per heavy atom. The molecule has 1 aromatic carbocycles. The zero-order valence-electron chi connectivity index (χ0n) is 13.4. The first kappa shape index (κ1) is 20.5. The summed E-state index contributed by atoms with van der Waals surface area (Å²) in [6.45, 7) is 5.63. The fourth-order valence-electron chi connectivity index (χ4n) is 2.10. The van der Waals surface area contributed by atoms with Gasteiger partial charge >= 0.3 is 18.1 Å². The van der Waals surface area contributed by atoms with Crippen molar-refractivity contribution in [2.24, 2.45) is 0 Å². The molecule has 0 aliphatic heterocycles. The SMILES string of the molecule is CCc1c(C(=O)O)ccc(C(F)(F)C(F)(F)F)c1[S@](=O)C(C)(C)C. The molecule has 3 nitrogen and oxygen atoms in total. The van der Waals surface area contributed by atoms with Gasteiger partial charge in [0.05, 0.1) is 21.3 Å². The van der Waals surface area contributed by atoms with Crippen molar-refractivity contribution >= 4 is 16.8 Å². The molecule has 0 aromatic heterocycles. The largest absolute Gasteiger partial charge is 0.478 e. The summed E-state index contributed by atoms with van der Waals surface area (Å²) < 4.78 is 77.7. The Hall–Kier alpha value is -1.51. The van der Waals surface area contributed by atoms with E-state index < -0.39 is 49.6 Å². The second-order valence-electron chi connectivity index (χ2n) is 6.08. The van der Waals surface area contributed by atoms with Gasteiger partial charge in [-0.25, -0.2) is 4.79 Å². The molecule has 0 saturated carbocycles. The number of hydrogen-bond donors (Lipinski definition) is 1. The minimum absolute atomic E-state index is 0.152. The summed E-state index contributed by atoms with van der Waals surface area (Å²) in [5, 5.41) is 9.15. The highest BCUT2D eigenvalue weighted by Gasteiger charge is 2.60. The summed E-state index contributed by atoms with van der Waals surface area (Å²) in [5.41, 5.74) is -2.19. The summed E-state index contributed by atoms with van der Waals surface area (Å²) in [6, 6.07) is 1.09. The molecule has 9 heteroatoms. The number of carbonyl (C=O) groups is 1. The van der Waals surface area contributed by atoms with Gasteiger partial charge in [0.1, 0.15) is 0 Å². The van der Waals surface area contributed by atoms with Crippen LogP contribution in [-0.2, 0) is 23.1 Å². The lowest BCUT2D eigenvalue weighted by Gasteiger charge is -2.27. The van der Waals surface area contributed by atoms with Crippen molar-refractivity contribution in [1.82, 2.24) is 0 Å². The number of benzene rings is 1. The third-order valence-electron chi connectivity index (χ3n) is 3.28.